The molecule has 0 radical (unpaired) electrons. The van der Waals surface area contributed by atoms with Crippen molar-refractivity contribution in [3.8, 4) is 28.8 Å². The van der Waals surface area contributed by atoms with Gasteiger partial charge in [-0.25, -0.2) is 4.39 Å². The molecule has 2 aromatic heterocycles. The van der Waals surface area contributed by atoms with Crippen LogP contribution in [-0.4, -0.2) is 37.6 Å². The van der Waals surface area contributed by atoms with Crippen LogP contribution < -0.4 is 9.47 Å². The number of phenolic OH excluding ortho intramolecular Hbond substituents is 1. The molecule has 55 heavy (non-hydrogen) atoms. The number of aromatic hydroxyl groups is 1. The van der Waals surface area contributed by atoms with Crippen LogP contribution in [-0.2, 0) is 5.54 Å². The first-order chi connectivity index (χ1) is 26.8. The van der Waals surface area contributed by atoms with Crippen molar-refractivity contribution in [2.45, 2.75) is 97.1 Å². The Morgan fingerprint density at radius 2 is 1.65 bits per heavy atom. The van der Waals surface area contributed by atoms with Crippen molar-refractivity contribution in [2.24, 2.45) is 0 Å². The molecule has 0 saturated heterocycles. The molecule has 1 saturated carbocycles. The van der Waals surface area contributed by atoms with Crippen molar-refractivity contribution >= 4 is 10.9 Å². The predicted molar refractivity (Wildman–Crippen MR) is 218 cm³/mol. The van der Waals surface area contributed by atoms with E-state index in [4.69, 9.17) is 19.6 Å². The molecule has 5 aromatic rings. The Bertz CT molecular complexity index is 2240. The number of benzene rings is 3. The number of aryl methyl sites for hydroxylation is 1. The lowest BCUT2D eigenvalue weighted by Gasteiger charge is -2.38. The Morgan fingerprint density at radius 1 is 0.945 bits per heavy atom. The van der Waals surface area contributed by atoms with Crippen LogP contribution in [0.4, 0.5) is 4.39 Å². The topological polar surface area (TPSA) is 82.3 Å². The molecule has 2 aliphatic carbocycles. The van der Waals surface area contributed by atoms with E-state index in [1.807, 2.05) is 73.3 Å². The number of ether oxygens (including phenoxy) is 2. The molecule has 1 unspecified atom stereocenters. The molecular weight excluding hydrogens is 688 g/mol. The lowest BCUT2D eigenvalue weighted by atomic mass is 9.75. The third-order valence-electron chi connectivity index (χ3n) is 10.7. The van der Waals surface area contributed by atoms with E-state index < -0.39 is 11.4 Å². The summed E-state index contributed by atoms with van der Waals surface area (Å²) in [6, 6.07) is 26.3. The molecular formula is C47H51FN4O3. The zero-order chi connectivity index (χ0) is 38.5. The number of hydrogen-bond donors (Lipinski definition) is 1. The van der Waals surface area contributed by atoms with Gasteiger partial charge in [0.05, 0.1) is 23.8 Å². The van der Waals surface area contributed by atoms with Crippen molar-refractivity contribution in [1.82, 2.24) is 19.7 Å². The number of nitrogens with zero attached hydrogens (tertiary/aromatic N) is 4. The molecule has 0 spiro atoms. The van der Waals surface area contributed by atoms with Gasteiger partial charge in [0.15, 0.2) is 0 Å². The molecule has 284 valence electrons. The van der Waals surface area contributed by atoms with Gasteiger partial charge in [0.2, 0.25) is 5.88 Å². The molecule has 0 amide bonds. The van der Waals surface area contributed by atoms with Crippen LogP contribution in [0.2, 0.25) is 0 Å². The van der Waals surface area contributed by atoms with E-state index in [0.717, 1.165) is 67.2 Å². The van der Waals surface area contributed by atoms with Crippen LogP contribution in [0.3, 0.4) is 0 Å². The van der Waals surface area contributed by atoms with Gasteiger partial charge in [0, 0.05) is 11.8 Å². The monoisotopic (exact) mass is 738 g/mol. The summed E-state index contributed by atoms with van der Waals surface area (Å²) in [5.74, 6) is 0.0606. The number of aromatic nitrogens is 4. The van der Waals surface area contributed by atoms with E-state index >= 15 is 4.39 Å². The maximum atomic E-state index is 16.6. The average molecular weight is 739 g/mol. The van der Waals surface area contributed by atoms with Gasteiger partial charge >= 0.3 is 6.01 Å². The Balaban J connectivity index is 1.56. The number of phenols is 1. The number of rotatable bonds is 13. The fraction of sp³-hybridized carbons (Fsp3) is 0.340. The van der Waals surface area contributed by atoms with Gasteiger partial charge in [-0.05, 0) is 117 Å². The summed E-state index contributed by atoms with van der Waals surface area (Å²) in [7, 11) is 0. The van der Waals surface area contributed by atoms with Gasteiger partial charge in [-0.15, -0.1) is 0 Å². The molecule has 8 heteroatoms. The van der Waals surface area contributed by atoms with Gasteiger partial charge < -0.3 is 14.6 Å². The normalized spacial score (nSPS) is 14.7. The number of halogens is 1. The Hall–Kier alpha value is -5.50. The predicted octanol–water partition coefficient (Wildman–Crippen LogP) is 11.4. The minimum atomic E-state index is -0.907. The van der Waals surface area contributed by atoms with Crippen LogP contribution in [0.15, 0.2) is 109 Å². The molecule has 3 aromatic carbocycles. The maximum absolute atomic E-state index is 16.6. The first-order valence-electron chi connectivity index (χ1n) is 19.7. The van der Waals surface area contributed by atoms with Gasteiger partial charge in [-0.2, -0.15) is 15.1 Å². The van der Waals surface area contributed by atoms with Crippen molar-refractivity contribution in [3.63, 3.8) is 0 Å². The third kappa shape index (κ3) is 7.60. The quantitative estimate of drug-likeness (QED) is 0.121. The minimum absolute atomic E-state index is 0.0540. The first-order valence-corrected chi connectivity index (χ1v) is 19.7. The van der Waals surface area contributed by atoms with Gasteiger partial charge in [0.1, 0.15) is 22.6 Å². The second-order valence-electron chi connectivity index (χ2n) is 14.7. The summed E-state index contributed by atoms with van der Waals surface area (Å²) in [5.41, 5.74) is 5.38. The Kier molecular flexibility index (Phi) is 11.3. The largest absolute Gasteiger partial charge is 0.505 e. The summed E-state index contributed by atoms with van der Waals surface area (Å²) < 4.78 is 30.9. The number of fused-ring (bicyclic) bond motifs is 1. The second-order valence-corrected chi connectivity index (χ2v) is 14.7. The molecule has 0 bridgehead atoms. The number of allylic oxidation sites excluding steroid dienone is 4. The zero-order valence-electron chi connectivity index (χ0n) is 32.6. The zero-order valence-corrected chi connectivity index (χ0v) is 32.6. The summed E-state index contributed by atoms with van der Waals surface area (Å²) in [6.45, 7) is 10.2. The smallest absolute Gasteiger partial charge is 0.320 e. The number of unbranched alkanes of at least 4 members (excludes halogenated alkanes) is 1. The first kappa shape index (κ1) is 37.8. The van der Waals surface area contributed by atoms with Crippen molar-refractivity contribution < 1.29 is 19.0 Å². The summed E-state index contributed by atoms with van der Waals surface area (Å²) in [4.78, 5) is 9.45. The van der Waals surface area contributed by atoms with Crippen LogP contribution in [0, 0.1) is 19.7 Å². The van der Waals surface area contributed by atoms with Crippen LogP contribution >= 0.6 is 0 Å². The Morgan fingerprint density at radius 3 is 2.27 bits per heavy atom. The molecule has 1 atom stereocenters. The van der Waals surface area contributed by atoms with Gasteiger partial charge in [0.25, 0.3) is 0 Å². The lowest BCUT2D eigenvalue weighted by Crippen LogP contribution is -2.39. The fourth-order valence-corrected chi connectivity index (χ4v) is 7.48. The van der Waals surface area contributed by atoms with E-state index in [9.17, 15) is 5.11 Å². The third-order valence-corrected chi connectivity index (χ3v) is 10.7. The SMILES string of the molecule is CCCCOc1nc(OC(C)CC)c2cc(C3CC3)c(-c3ccn(C(C4=CCCC=C4)(c4ccccc4)c4ccccc4)nc(C)cc(F)c3C)c(O)c2n1. The van der Waals surface area contributed by atoms with E-state index in [0.29, 0.717) is 45.8 Å². The average Bonchev–Trinajstić information content (AvgIpc) is 4.05. The fourth-order valence-electron chi connectivity index (χ4n) is 7.48. The number of hydrogen-bond acceptors (Lipinski definition) is 6. The summed E-state index contributed by atoms with van der Waals surface area (Å²) in [6.07, 6.45) is 14.8. The van der Waals surface area contributed by atoms with E-state index in [1.54, 1.807) is 6.92 Å². The summed E-state index contributed by atoms with van der Waals surface area (Å²) in [5, 5.41) is 18.3. The standard InChI is InChI=1S/C47H51FN4O3/c1-6-8-28-54-46-49-43-40(45(50-46)55-32(4)7-2)30-39(34-24-25-34)42(44(43)53)38-26-27-52(51-31(3)29-41(48)33(38)5)47(35-18-12-9-13-19-35,36-20-14-10-15-21-36)37-22-16-11-17-23-37/h9-10,12-16,18-23,26-27,29-30,32,34,53H,6-8,11,17,24-25,28H2,1-5H3. The molecule has 7 nitrogen and oxygen atoms in total. The molecule has 2 heterocycles. The summed E-state index contributed by atoms with van der Waals surface area (Å²) >= 11 is 0. The van der Waals surface area contributed by atoms with E-state index in [-0.39, 0.29) is 23.8 Å². The minimum Gasteiger partial charge on any atom is -0.505 e. The highest BCUT2D eigenvalue weighted by Crippen LogP contribution is 2.51. The van der Waals surface area contributed by atoms with Crippen molar-refractivity contribution in [2.75, 3.05) is 6.61 Å². The highest BCUT2D eigenvalue weighted by Gasteiger charge is 2.40. The lowest BCUT2D eigenvalue weighted by molar-refractivity contribution is 0.205. The van der Waals surface area contributed by atoms with Crippen LogP contribution in [0.1, 0.15) is 99.6 Å². The van der Waals surface area contributed by atoms with E-state index in [2.05, 4.69) is 61.3 Å². The van der Waals surface area contributed by atoms with Crippen LogP contribution in [0.5, 0.6) is 17.6 Å². The molecule has 1 N–H and O–H groups in total. The van der Waals surface area contributed by atoms with Crippen molar-refractivity contribution in [1.29, 1.82) is 0 Å². The molecule has 2 aliphatic rings. The Labute approximate surface area is 323 Å². The van der Waals surface area contributed by atoms with Crippen molar-refractivity contribution in [3.05, 3.63) is 143 Å². The second kappa shape index (κ2) is 16.5. The maximum Gasteiger partial charge on any atom is 0.320 e. The molecule has 7 rings (SSSR count). The van der Waals surface area contributed by atoms with Gasteiger partial charge in [-0.1, -0.05) is 99.2 Å². The van der Waals surface area contributed by atoms with E-state index in [1.165, 1.54) is 6.07 Å². The van der Waals surface area contributed by atoms with Crippen LogP contribution in [0.25, 0.3) is 22.0 Å². The molecule has 1 fully saturated rings. The highest BCUT2D eigenvalue weighted by atomic mass is 19.1. The molecule has 0 aliphatic heterocycles. The highest BCUT2D eigenvalue weighted by molar-refractivity contribution is 5.97. The van der Waals surface area contributed by atoms with Gasteiger partial charge in [-0.3, -0.25) is 4.68 Å².